The highest BCUT2D eigenvalue weighted by atomic mass is 16.5. The van der Waals surface area contributed by atoms with Crippen molar-refractivity contribution in [2.24, 2.45) is 0 Å². The molecule has 0 radical (unpaired) electrons. The predicted octanol–water partition coefficient (Wildman–Crippen LogP) is 1.69. The van der Waals surface area contributed by atoms with Crippen LogP contribution in [0.1, 0.15) is 17.3 Å². The molecular formula is C19H22N6O. The second kappa shape index (κ2) is 6.34. The first-order valence-corrected chi connectivity index (χ1v) is 9.10. The molecule has 2 aliphatic heterocycles. The van der Waals surface area contributed by atoms with Crippen molar-refractivity contribution in [1.29, 1.82) is 0 Å². The molecule has 7 nitrogen and oxygen atoms in total. The zero-order chi connectivity index (χ0) is 17.5. The van der Waals surface area contributed by atoms with E-state index in [1.807, 2.05) is 6.92 Å². The van der Waals surface area contributed by atoms with Crippen LogP contribution in [0.2, 0.25) is 0 Å². The van der Waals surface area contributed by atoms with E-state index in [0.717, 1.165) is 49.9 Å². The second-order valence-corrected chi connectivity index (χ2v) is 7.07. The van der Waals surface area contributed by atoms with Gasteiger partial charge in [0.2, 0.25) is 5.65 Å². The standard InChI is InChI=1S/C19H22N6O/c1-14-9-17(19-21-20-13-25(19)22-14)23-7-8-24-16(10-23)11-26-12-18(24)15-5-3-2-4-6-15/h2-6,9,13,16,18H,7-8,10-12H2,1H3/t16-,18-/m1/s1. The molecule has 0 amide bonds. The number of hydrogen-bond donors (Lipinski definition) is 0. The second-order valence-electron chi connectivity index (χ2n) is 7.07. The van der Waals surface area contributed by atoms with E-state index >= 15 is 0 Å². The van der Waals surface area contributed by atoms with Crippen LogP contribution in [0.15, 0.2) is 42.7 Å². The summed E-state index contributed by atoms with van der Waals surface area (Å²) in [5, 5.41) is 12.7. The molecule has 2 saturated heterocycles. The Bertz CT molecular complexity index is 911. The zero-order valence-electron chi connectivity index (χ0n) is 14.8. The third-order valence-electron chi connectivity index (χ3n) is 5.41. The van der Waals surface area contributed by atoms with E-state index in [-0.39, 0.29) is 0 Å². The van der Waals surface area contributed by atoms with Crippen LogP contribution in [-0.2, 0) is 4.74 Å². The lowest BCUT2D eigenvalue weighted by molar-refractivity contribution is -0.0547. The number of nitrogens with zero attached hydrogens (tertiary/aromatic N) is 6. The van der Waals surface area contributed by atoms with Crippen LogP contribution >= 0.6 is 0 Å². The minimum Gasteiger partial charge on any atom is -0.378 e. The molecule has 0 unspecified atom stereocenters. The number of benzene rings is 1. The minimum absolute atomic E-state index is 0.337. The largest absolute Gasteiger partial charge is 0.378 e. The summed E-state index contributed by atoms with van der Waals surface area (Å²) >= 11 is 0. The normalized spacial score (nSPS) is 24.0. The molecule has 0 aliphatic carbocycles. The van der Waals surface area contributed by atoms with Crippen molar-refractivity contribution in [2.75, 3.05) is 37.7 Å². The number of anilines is 1. The first kappa shape index (κ1) is 15.7. The predicted molar refractivity (Wildman–Crippen MR) is 98.2 cm³/mol. The Kier molecular flexibility index (Phi) is 3.83. The lowest BCUT2D eigenvalue weighted by Crippen LogP contribution is -2.59. The lowest BCUT2D eigenvalue weighted by atomic mass is 10.00. The fraction of sp³-hybridized carbons (Fsp3) is 0.421. The van der Waals surface area contributed by atoms with Crippen molar-refractivity contribution in [3.8, 4) is 0 Å². The van der Waals surface area contributed by atoms with E-state index in [0.29, 0.717) is 12.1 Å². The molecule has 26 heavy (non-hydrogen) atoms. The van der Waals surface area contributed by atoms with E-state index in [4.69, 9.17) is 4.74 Å². The molecule has 2 aromatic heterocycles. The minimum atomic E-state index is 0.337. The molecule has 3 aromatic rings. The van der Waals surface area contributed by atoms with Gasteiger partial charge in [0.25, 0.3) is 0 Å². The van der Waals surface area contributed by atoms with Crippen molar-refractivity contribution in [3.05, 3.63) is 54.0 Å². The van der Waals surface area contributed by atoms with Crippen molar-refractivity contribution in [2.45, 2.75) is 19.0 Å². The topological polar surface area (TPSA) is 58.8 Å². The number of ether oxygens (including phenoxy) is 1. The number of morpholine rings is 1. The number of fused-ring (bicyclic) bond motifs is 2. The van der Waals surface area contributed by atoms with Crippen LogP contribution in [0.3, 0.4) is 0 Å². The van der Waals surface area contributed by atoms with E-state index in [1.165, 1.54) is 5.56 Å². The molecule has 134 valence electrons. The highest BCUT2D eigenvalue weighted by Crippen LogP contribution is 2.32. The highest BCUT2D eigenvalue weighted by Gasteiger charge is 2.37. The summed E-state index contributed by atoms with van der Waals surface area (Å²) in [6.07, 6.45) is 1.66. The molecule has 7 heteroatoms. The van der Waals surface area contributed by atoms with Crippen molar-refractivity contribution in [3.63, 3.8) is 0 Å². The maximum absolute atomic E-state index is 5.97. The number of aryl methyl sites for hydroxylation is 1. The third-order valence-corrected chi connectivity index (χ3v) is 5.41. The molecular weight excluding hydrogens is 328 g/mol. The summed E-state index contributed by atoms with van der Waals surface area (Å²) in [6.45, 7) is 6.45. The van der Waals surface area contributed by atoms with Crippen molar-refractivity contribution in [1.82, 2.24) is 24.7 Å². The van der Waals surface area contributed by atoms with Gasteiger partial charge < -0.3 is 9.64 Å². The Hall–Kier alpha value is -2.51. The van der Waals surface area contributed by atoms with Gasteiger partial charge in [-0.25, -0.2) is 0 Å². The molecule has 2 aliphatic rings. The molecule has 2 atom stereocenters. The Morgan fingerprint density at radius 2 is 2.00 bits per heavy atom. The summed E-state index contributed by atoms with van der Waals surface area (Å²) < 4.78 is 7.74. The lowest BCUT2D eigenvalue weighted by Gasteiger charge is -2.48. The first-order valence-electron chi connectivity index (χ1n) is 9.10. The van der Waals surface area contributed by atoms with Crippen molar-refractivity contribution < 1.29 is 4.74 Å². The fourth-order valence-electron chi connectivity index (χ4n) is 4.19. The molecule has 2 fully saturated rings. The van der Waals surface area contributed by atoms with Gasteiger partial charge >= 0.3 is 0 Å². The number of piperazine rings is 1. The molecule has 1 aromatic carbocycles. The average Bonchev–Trinajstić information content (AvgIpc) is 3.15. The summed E-state index contributed by atoms with van der Waals surface area (Å²) in [5.74, 6) is 0. The van der Waals surface area contributed by atoms with Gasteiger partial charge in [-0.05, 0) is 18.6 Å². The monoisotopic (exact) mass is 350 g/mol. The smallest absolute Gasteiger partial charge is 0.200 e. The van der Waals surface area contributed by atoms with Gasteiger partial charge in [-0.1, -0.05) is 30.3 Å². The van der Waals surface area contributed by atoms with E-state index in [9.17, 15) is 0 Å². The number of hydrogen-bond acceptors (Lipinski definition) is 6. The van der Waals surface area contributed by atoms with E-state index < -0.39 is 0 Å². The van der Waals surface area contributed by atoms with E-state index in [2.05, 4.69) is 61.5 Å². The quantitative estimate of drug-likeness (QED) is 0.701. The van der Waals surface area contributed by atoms with Crippen LogP contribution in [0.5, 0.6) is 0 Å². The summed E-state index contributed by atoms with van der Waals surface area (Å²) in [5.41, 5.74) is 4.24. The summed E-state index contributed by atoms with van der Waals surface area (Å²) in [7, 11) is 0. The maximum atomic E-state index is 5.97. The third kappa shape index (κ3) is 2.64. The SMILES string of the molecule is Cc1cc(N2CCN3[C@@H](COC[C@@H]3c3ccccc3)C2)c2nncn2n1. The van der Waals surface area contributed by atoms with Gasteiger partial charge in [-0.2, -0.15) is 9.61 Å². The van der Waals surface area contributed by atoms with Crippen molar-refractivity contribution >= 4 is 11.3 Å². The Balaban J connectivity index is 1.42. The van der Waals surface area contributed by atoms with Crippen LogP contribution in [0, 0.1) is 6.92 Å². The van der Waals surface area contributed by atoms with Crippen LogP contribution in [0.25, 0.3) is 5.65 Å². The molecule has 0 spiro atoms. The Morgan fingerprint density at radius 1 is 1.12 bits per heavy atom. The fourth-order valence-corrected chi connectivity index (χ4v) is 4.19. The van der Waals surface area contributed by atoms with Gasteiger partial charge in [0.1, 0.15) is 6.33 Å². The Labute approximate surface area is 152 Å². The molecule has 4 heterocycles. The maximum Gasteiger partial charge on any atom is 0.200 e. The Morgan fingerprint density at radius 3 is 2.88 bits per heavy atom. The summed E-state index contributed by atoms with van der Waals surface area (Å²) in [4.78, 5) is 5.00. The highest BCUT2D eigenvalue weighted by molar-refractivity contribution is 5.68. The molecule has 0 saturated carbocycles. The van der Waals surface area contributed by atoms with Crippen LogP contribution in [0.4, 0.5) is 5.69 Å². The summed E-state index contributed by atoms with van der Waals surface area (Å²) in [6, 6.07) is 13.5. The molecule has 5 rings (SSSR count). The van der Waals surface area contributed by atoms with Crippen LogP contribution in [-0.4, -0.2) is 63.6 Å². The van der Waals surface area contributed by atoms with Gasteiger partial charge in [0.15, 0.2) is 0 Å². The van der Waals surface area contributed by atoms with E-state index in [1.54, 1.807) is 10.8 Å². The first-order chi connectivity index (χ1) is 12.8. The molecule has 0 N–H and O–H groups in total. The van der Waals surface area contributed by atoms with Crippen LogP contribution < -0.4 is 4.90 Å². The average molecular weight is 350 g/mol. The van der Waals surface area contributed by atoms with Gasteiger partial charge in [0, 0.05) is 19.6 Å². The molecule has 0 bridgehead atoms. The number of aromatic nitrogens is 4. The van der Waals surface area contributed by atoms with Gasteiger partial charge in [-0.15, -0.1) is 10.2 Å². The number of rotatable bonds is 2. The van der Waals surface area contributed by atoms with Gasteiger partial charge in [0.05, 0.1) is 36.7 Å². The zero-order valence-corrected chi connectivity index (χ0v) is 14.8. The van der Waals surface area contributed by atoms with Gasteiger partial charge in [-0.3, -0.25) is 4.90 Å².